The van der Waals surface area contributed by atoms with Crippen molar-refractivity contribution >= 4 is 26.7 Å². The van der Waals surface area contributed by atoms with Crippen LogP contribution in [0.3, 0.4) is 0 Å². The maximum atomic E-state index is 13.4. The van der Waals surface area contributed by atoms with E-state index >= 15 is 0 Å². The molecule has 0 spiro atoms. The number of benzene rings is 2. The Kier molecular flexibility index (Phi) is 5.18. The average Bonchev–Trinajstić information content (AvgIpc) is 3.17. The van der Waals surface area contributed by atoms with Crippen molar-refractivity contribution in [2.45, 2.75) is 24.4 Å². The van der Waals surface area contributed by atoms with Crippen LogP contribution in [-0.4, -0.2) is 23.2 Å². The van der Waals surface area contributed by atoms with Gasteiger partial charge in [0, 0.05) is 17.6 Å². The molecule has 10 heteroatoms. The van der Waals surface area contributed by atoms with Crippen LogP contribution in [0.5, 0.6) is 0 Å². The van der Waals surface area contributed by atoms with E-state index in [0.29, 0.717) is 17.0 Å². The monoisotopic (exact) mass is 446 g/mol. The van der Waals surface area contributed by atoms with Crippen LogP contribution in [0.15, 0.2) is 71.8 Å². The van der Waals surface area contributed by atoms with Gasteiger partial charge in [0.05, 0.1) is 16.1 Å². The lowest BCUT2D eigenvalue weighted by Crippen LogP contribution is -2.16. The van der Waals surface area contributed by atoms with Crippen LogP contribution in [0.4, 0.5) is 19.0 Å². The molecule has 0 aliphatic carbocycles. The fraction of sp³-hybridized carbons (Fsp3) is 0.143. The molecule has 0 saturated heterocycles. The van der Waals surface area contributed by atoms with Crippen LogP contribution in [0.25, 0.3) is 16.6 Å². The Hall–Kier alpha value is -3.40. The third kappa shape index (κ3) is 4.11. The SMILES string of the molecule is CCc1ccc(S(=O)(=O)Nc2cc(C(F)(F)F)nn2-c2cccc3ncccc23)cc1. The number of aromatic nitrogens is 3. The smallest absolute Gasteiger partial charge is 0.263 e. The summed E-state index contributed by atoms with van der Waals surface area (Å²) in [6.45, 7) is 1.93. The number of anilines is 1. The number of nitrogens with zero attached hydrogens (tertiary/aromatic N) is 3. The van der Waals surface area contributed by atoms with Crippen LogP contribution in [0, 0.1) is 0 Å². The number of rotatable bonds is 5. The molecule has 0 unspecified atom stereocenters. The lowest BCUT2D eigenvalue weighted by atomic mass is 10.2. The highest BCUT2D eigenvalue weighted by Crippen LogP contribution is 2.33. The van der Waals surface area contributed by atoms with Crippen LogP contribution >= 0.6 is 0 Å². The molecule has 2 aromatic heterocycles. The van der Waals surface area contributed by atoms with Gasteiger partial charge in [0.2, 0.25) is 0 Å². The summed E-state index contributed by atoms with van der Waals surface area (Å²) in [4.78, 5) is 4.12. The number of hydrogen-bond acceptors (Lipinski definition) is 4. The van der Waals surface area contributed by atoms with E-state index in [0.717, 1.165) is 16.7 Å². The molecule has 0 aliphatic heterocycles. The molecule has 0 amide bonds. The van der Waals surface area contributed by atoms with Gasteiger partial charge >= 0.3 is 6.18 Å². The highest BCUT2D eigenvalue weighted by atomic mass is 32.2. The standard InChI is InChI=1S/C21H17F3N4O2S/c1-2-14-8-10-15(11-9-14)31(29,30)27-20-13-19(21(22,23)24)26-28(20)18-7-3-6-17-16(18)5-4-12-25-17/h3-13,27H,2H2,1H3. The molecular formula is C21H17F3N4O2S. The number of alkyl halides is 3. The summed E-state index contributed by atoms with van der Waals surface area (Å²) in [7, 11) is -4.15. The quantitative estimate of drug-likeness (QED) is 0.478. The molecule has 2 aromatic carbocycles. The molecule has 6 nitrogen and oxygen atoms in total. The minimum absolute atomic E-state index is 0.0643. The molecule has 4 aromatic rings. The predicted molar refractivity (Wildman–Crippen MR) is 110 cm³/mol. The molecule has 0 radical (unpaired) electrons. The first-order chi connectivity index (χ1) is 14.7. The zero-order valence-corrected chi connectivity index (χ0v) is 17.1. The van der Waals surface area contributed by atoms with Crippen molar-refractivity contribution in [1.29, 1.82) is 0 Å². The second kappa shape index (κ2) is 7.69. The Morgan fingerprint density at radius 1 is 1.03 bits per heavy atom. The Morgan fingerprint density at radius 3 is 2.45 bits per heavy atom. The molecule has 0 atom stereocenters. The fourth-order valence-corrected chi connectivity index (χ4v) is 4.18. The summed E-state index contributed by atoms with van der Waals surface area (Å²) in [6, 6.07) is 15.0. The van der Waals surface area contributed by atoms with E-state index < -0.39 is 21.9 Å². The zero-order valence-electron chi connectivity index (χ0n) is 16.3. The summed E-state index contributed by atoms with van der Waals surface area (Å²) in [5.74, 6) is -0.330. The fourth-order valence-electron chi connectivity index (χ4n) is 3.15. The van der Waals surface area contributed by atoms with E-state index in [-0.39, 0.29) is 16.4 Å². The second-order valence-corrected chi connectivity index (χ2v) is 8.46. The van der Waals surface area contributed by atoms with Gasteiger partial charge in [-0.25, -0.2) is 13.1 Å². The molecule has 0 fully saturated rings. The van der Waals surface area contributed by atoms with E-state index in [2.05, 4.69) is 14.8 Å². The van der Waals surface area contributed by atoms with Gasteiger partial charge < -0.3 is 0 Å². The van der Waals surface area contributed by atoms with Gasteiger partial charge in [-0.05, 0) is 48.4 Å². The second-order valence-electron chi connectivity index (χ2n) is 6.77. The van der Waals surface area contributed by atoms with Gasteiger partial charge in [0.1, 0.15) is 5.82 Å². The van der Waals surface area contributed by atoms with E-state index in [1.807, 2.05) is 6.92 Å². The van der Waals surface area contributed by atoms with E-state index in [4.69, 9.17) is 0 Å². The Morgan fingerprint density at radius 2 is 1.77 bits per heavy atom. The van der Waals surface area contributed by atoms with Gasteiger partial charge in [0.25, 0.3) is 10.0 Å². The average molecular weight is 446 g/mol. The Labute approximate surface area is 176 Å². The van der Waals surface area contributed by atoms with Gasteiger partial charge in [-0.1, -0.05) is 25.1 Å². The number of nitrogens with one attached hydrogen (secondary N) is 1. The van der Waals surface area contributed by atoms with Crippen LogP contribution in [0.1, 0.15) is 18.2 Å². The number of fused-ring (bicyclic) bond motifs is 1. The van der Waals surface area contributed by atoms with Crippen molar-refractivity contribution in [2.75, 3.05) is 4.72 Å². The first-order valence-corrected chi connectivity index (χ1v) is 10.8. The molecule has 4 rings (SSSR count). The predicted octanol–water partition coefficient (Wildman–Crippen LogP) is 4.80. The zero-order chi connectivity index (χ0) is 22.2. The normalized spacial score (nSPS) is 12.3. The molecule has 2 heterocycles. The summed E-state index contributed by atoms with van der Waals surface area (Å²) in [5, 5.41) is 4.17. The van der Waals surface area contributed by atoms with Gasteiger partial charge in [-0.3, -0.25) is 9.71 Å². The van der Waals surface area contributed by atoms with Gasteiger partial charge in [-0.2, -0.15) is 18.3 Å². The molecule has 0 saturated carbocycles. The minimum Gasteiger partial charge on any atom is -0.263 e. The summed E-state index contributed by atoms with van der Waals surface area (Å²) in [5.41, 5.74) is 0.521. The largest absolute Gasteiger partial charge is 0.435 e. The highest BCUT2D eigenvalue weighted by Gasteiger charge is 2.36. The summed E-state index contributed by atoms with van der Waals surface area (Å²) in [6.07, 6.45) is -2.47. The maximum Gasteiger partial charge on any atom is 0.435 e. The molecule has 0 bridgehead atoms. The number of sulfonamides is 1. The first-order valence-electron chi connectivity index (χ1n) is 9.32. The molecule has 0 aliphatic rings. The third-order valence-corrected chi connectivity index (χ3v) is 6.10. The summed E-state index contributed by atoms with van der Waals surface area (Å²) >= 11 is 0. The van der Waals surface area contributed by atoms with Crippen molar-refractivity contribution in [2.24, 2.45) is 0 Å². The maximum absolute atomic E-state index is 13.4. The van der Waals surface area contributed by atoms with E-state index in [1.165, 1.54) is 12.1 Å². The minimum atomic E-state index is -4.75. The lowest BCUT2D eigenvalue weighted by molar-refractivity contribution is -0.141. The number of aryl methyl sites for hydroxylation is 1. The molecular weight excluding hydrogens is 429 g/mol. The van der Waals surface area contributed by atoms with Crippen LogP contribution < -0.4 is 4.72 Å². The first kappa shape index (κ1) is 20.9. The molecule has 31 heavy (non-hydrogen) atoms. The number of hydrogen-bond donors (Lipinski definition) is 1. The summed E-state index contributed by atoms with van der Waals surface area (Å²) < 4.78 is 69.1. The van der Waals surface area contributed by atoms with Crippen LogP contribution in [-0.2, 0) is 22.6 Å². The van der Waals surface area contributed by atoms with Crippen molar-refractivity contribution in [3.63, 3.8) is 0 Å². The highest BCUT2D eigenvalue weighted by molar-refractivity contribution is 7.92. The number of pyridine rings is 1. The molecule has 1 N–H and O–H groups in total. The Bertz CT molecular complexity index is 1340. The van der Waals surface area contributed by atoms with Crippen molar-refractivity contribution in [1.82, 2.24) is 14.8 Å². The van der Waals surface area contributed by atoms with Crippen molar-refractivity contribution < 1.29 is 21.6 Å². The van der Waals surface area contributed by atoms with E-state index in [9.17, 15) is 21.6 Å². The topological polar surface area (TPSA) is 76.9 Å². The van der Waals surface area contributed by atoms with Crippen molar-refractivity contribution in [3.05, 3.63) is 78.1 Å². The third-order valence-electron chi connectivity index (χ3n) is 4.73. The number of halogens is 3. The Balaban J connectivity index is 1.84. The van der Waals surface area contributed by atoms with Gasteiger partial charge in [-0.15, -0.1) is 0 Å². The van der Waals surface area contributed by atoms with Crippen molar-refractivity contribution in [3.8, 4) is 5.69 Å². The molecule has 160 valence electrons. The van der Waals surface area contributed by atoms with E-state index in [1.54, 1.807) is 48.7 Å². The lowest BCUT2D eigenvalue weighted by Gasteiger charge is -2.12. The van der Waals surface area contributed by atoms with Crippen LogP contribution in [0.2, 0.25) is 0 Å². The van der Waals surface area contributed by atoms with Gasteiger partial charge in [0.15, 0.2) is 5.69 Å².